The van der Waals surface area contributed by atoms with E-state index in [0.717, 1.165) is 33.2 Å². The Morgan fingerprint density at radius 3 is 2.57 bits per heavy atom. The van der Waals surface area contributed by atoms with E-state index in [4.69, 9.17) is 9.40 Å². The molecular formula is C25H16FN3O. The zero-order valence-electron chi connectivity index (χ0n) is 16.1. The van der Waals surface area contributed by atoms with Crippen molar-refractivity contribution in [2.75, 3.05) is 0 Å². The number of benzene rings is 3. The van der Waals surface area contributed by atoms with Crippen molar-refractivity contribution in [1.82, 2.24) is 14.5 Å². The molecule has 144 valence electrons. The number of aryl methyl sites for hydroxylation is 1. The summed E-state index contributed by atoms with van der Waals surface area (Å²) in [5, 5.41) is 1.23. The van der Waals surface area contributed by atoms with E-state index in [-0.39, 0.29) is 5.82 Å². The van der Waals surface area contributed by atoms with Crippen LogP contribution in [0, 0.1) is 12.7 Å². The van der Waals surface area contributed by atoms with Gasteiger partial charge >= 0.3 is 0 Å². The van der Waals surface area contributed by atoms with Crippen molar-refractivity contribution in [3.05, 3.63) is 90.5 Å². The zero-order chi connectivity index (χ0) is 20.2. The lowest BCUT2D eigenvalue weighted by atomic mass is 10.1. The molecule has 0 radical (unpaired) electrons. The van der Waals surface area contributed by atoms with Gasteiger partial charge in [-0.3, -0.25) is 9.55 Å². The predicted octanol–water partition coefficient (Wildman–Crippen LogP) is 6.43. The fourth-order valence-electron chi connectivity index (χ4n) is 4.11. The summed E-state index contributed by atoms with van der Waals surface area (Å²) in [5.41, 5.74) is 5.57. The maximum atomic E-state index is 14.8. The molecule has 3 heterocycles. The number of hydrogen-bond donors (Lipinski definition) is 0. The molecule has 0 atom stereocenters. The van der Waals surface area contributed by atoms with Crippen LogP contribution in [0.25, 0.3) is 50.0 Å². The molecular weight excluding hydrogens is 377 g/mol. The number of imidazole rings is 1. The van der Waals surface area contributed by atoms with Crippen LogP contribution in [0.2, 0.25) is 0 Å². The Morgan fingerprint density at radius 2 is 1.70 bits per heavy atom. The first kappa shape index (κ1) is 16.9. The minimum atomic E-state index is -0.307. The van der Waals surface area contributed by atoms with Crippen LogP contribution < -0.4 is 0 Å². The Morgan fingerprint density at radius 1 is 0.900 bits per heavy atom. The lowest BCUT2D eigenvalue weighted by Gasteiger charge is -2.10. The first-order valence-corrected chi connectivity index (χ1v) is 9.71. The Bertz CT molecular complexity index is 1560. The minimum Gasteiger partial charge on any atom is -0.455 e. The van der Waals surface area contributed by atoms with Gasteiger partial charge in [0.05, 0.1) is 28.2 Å². The Balaban J connectivity index is 1.77. The molecule has 3 aromatic heterocycles. The molecule has 0 aliphatic carbocycles. The number of rotatable bonds is 2. The molecule has 0 bridgehead atoms. The maximum absolute atomic E-state index is 14.8. The van der Waals surface area contributed by atoms with E-state index in [1.807, 2.05) is 67.7 Å². The molecule has 30 heavy (non-hydrogen) atoms. The number of aromatic nitrogens is 3. The lowest BCUT2D eigenvalue weighted by molar-refractivity contribution is 0.634. The fraction of sp³-hybridized carbons (Fsp3) is 0.0400. The van der Waals surface area contributed by atoms with Crippen LogP contribution in [0.1, 0.15) is 5.56 Å². The topological polar surface area (TPSA) is 43.9 Å². The second-order valence-electron chi connectivity index (χ2n) is 7.33. The van der Waals surface area contributed by atoms with Crippen molar-refractivity contribution < 1.29 is 8.81 Å². The van der Waals surface area contributed by atoms with Gasteiger partial charge in [0.2, 0.25) is 0 Å². The molecule has 3 aromatic carbocycles. The van der Waals surface area contributed by atoms with Crippen molar-refractivity contribution in [1.29, 1.82) is 0 Å². The summed E-state index contributed by atoms with van der Waals surface area (Å²) in [6, 6.07) is 20.7. The Labute approximate surface area is 171 Å². The van der Waals surface area contributed by atoms with Crippen molar-refractivity contribution in [3.8, 4) is 17.1 Å². The average Bonchev–Trinajstić information content (AvgIpc) is 3.35. The molecule has 0 amide bonds. The molecule has 6 rings (SSSR count). The standard InChI is InChI=1S/C25H16FN3O/c1-15-13-27-14-20-23(15)28-25(29(20)16-7-3-2-4-8-16)18-11-12-19(26)22-17-9-5-6-10-21(17)30-24(18)22/h2-14H,1H3. The third kappa shape index (κ3) is 2.32. The molecule has 6 aromatic rings. The second-order valence-corrected chi connectivity index (χ2v) is 7.33. The zero-order valence-corrected chi connectivity index (χ0v) is 16.1. The van der Waals surface area contributed by atoms with E-state index < -0.39 is 0 Å². The Hall–Kier alpha value is -3.99. The van der Waals surface area contributed by atoms with Gasteiger partial charge in [0.25, 0.3) is 0 Å². The van der Waals surface area contributed by atoms with Gasteiger partial charge in [-0.15, -0.1) is 0 Å². The Kier molecular flexibility index (Phi) is 3.53. The van der Waals surface area contributed by atoms with Crippen molar-refractivity contribution in [2.45, 2.75) is 6.92 Å². The summed E-state index contributed by atoms with van der Waals surface area (Å²) in [6.07, 6.45) is 3.61. The molecule has 0 fully saturated rings. The smallest absolute Gasteiger partial charge is 0.149 e. The quantitative estimate of drug-likeness (QED) is 0.340. The molecule has 0 N–H and O–H groups in total. The number of fused-ring (bicyclic) bond motifs is 4. The number of para-hydroxylation sites is 2. The first-order valence-electron chi connectivity index (χ1n) is 9.71. The molecule has 0 aliphatic heterocycles. The van der Waals surface area contributed by atoms with Gasteiger partial charge in [0.1, 0.15) is 22.8 Å². The van der Waals surface area contributed by atoms with E-state index in [1.165, 1.54) is 6.07 Å². The maximum Gasteiger partial charge on any atom is 0.149 e. The van der Waals surface area contributed by atoms with E-state index in [0.29, 0.717) is 22.4 Å². The van der Waals surface area contributed by atoms with E-state index in [2.05, 4.69) is 9.55 Å². The van der Waals surface area contributed by atoms with Gasteiger partial charge in [0, 0.05) is 17.3 Å². The number of halogens is 1. The third-order valence-electron chi connectivity index (χ3n) is 5.48. The van der Waals surface area contributed by atoms with Gasteiger partial charge < -0.3 is 4.42 Å². The largest absolute Gasteiger partial charge is 0.455 e. The second kappa shape index (κ2) is 6.26. The molecule has 5 heteroatoms. The van der Waals surface area contributed by atoms with E-state index >= 15 is 0 Å². The summed E-state index contributed by atoms with van der Waals surface area (Å²) in [4.78, 5) is 9.32. The van der Waals surface area contributed by atoms with Crippen molar-refractivity contribution in [3.63, 3.8) is 0 Å². The van der Waals surface area contributed by atoms with E-state index in [9.17, 15) is 4.39 Å². The van der Waals surface area contributed by atoms with Crippen LogP contribution in [0.3, 0.4) is 0 Å². The van der Waals surface area contributed by atoms with Crippen LogP contribution in [0.4, 0.5) is 4.39 Å². The summed E-state index contributed by atoms with van der Waals surface area (Å²) in [6.45, 7) is 1.99. The predicted molar refractivity (Wildman–Crippen MR) is 116 cm³/mol. The highest BCUT2D eigenvalue weighted by atomic mass is 19.1. The highest BCUT2D eigenvalue weighted by Crippen LogP contribution is 2.39. The lowest BCUT2D eigenvalue weighted by Crippen LogP contribution is -1.98. The highest BCUT2D eigenvalue weighted by molar-refractivity contribution is 6.09. The molecule has 0 saturated carbocycles. The number of nitrogens with zero attached hydrogens (tertiary/aromatic N) is 3. The van der Waals surface area contributed by atoms with Gasteiger partial charge in [-0.2, -0.15) is 0 Å². The monoisotopic (exact) mass is 393 g/mol. The van der Waals surface area contributed by atoms with Gasteiger partial charge in [-0.1, -0.05) is 36.4 Å². The SMILES string of the molecule is Cc1cncc2c1nc(-c1ccc(F)c3c1oc1ccccc13)n2-c1ccccc1. The highest BCUT2D eigenvalue weighted by Gasteiger charge is 2.22. The average molecular weight is 393 g/mol. The number of pyridine rings is 1. The first-order chi connectivity index (χ1) is 14.7. The van der Waals surface area contributed by atoms with E-state index in [1.54, 1.807) is 12.3 Å². The van der Waals surface area contributed by atoms with Crippen LogP contribution in [-0.2, 0) is 0 Å². The molecule has 0 saturated heterocycles. The normalized spacial score (nSPS) is 11.7. The molecule has 0 aliphatic rings. The summed E-state index contributed by atoms with van der Waals surface area (Å²) >= 11 is 0. The summed E-state index contributed by atoms with van der Waals surface area (Å²) in [5.74, 6) is 0.385. The number of hydrogen-bond acceptors (Lipinski definition) is 3. The van der Waals surface area contributed by atoms with Crippen LogP contribution in [0.5, 0.6) is 0 Å². The summed E-state index contributed by atoms with van der Waals surface area (Å²) < 4.78 is 23.0. The van der Waals surface area contributed by atoms with Gasteiger partial charge in [-0.25, -0.2) is 9.37 Å². The fourth-order valence-corrected chi connectivity index (χ4v) is 4.11. The summed E-state index contributed by atoms with van der Waals surface area (Å²) in [7, 11) is 0. The van der Waals surface area contributed by atoms with Crippen molar-refractivity contribution in [2.24, 2.45) is 0 Å². The molecule has 4 nitrogen and oxygen atoms in total. The van der Waals surface area contributed by atoms with Gasteiger partial charge in [0.15, 0.2) is 0 Å². The van der Waals surface area contributed by atoms with Gasteiger partial charge in [-0.05, 0) is 42.8 Å². The number of furan rings is 1. The van der Waals surface area contributed by atoms with Crippen molar-refractivity contribution >= 4 is 33.0 Å². The van der Waals surface area contributed by atoms with Crippen LogP contribution in [0.15, 0.2) is 83.5 Å². The molecule has 0 spiro atoms. The minimum absolute atomic E-state index is 0.307. The molecule has 0 unspecified atom stereocenters. The third-order valence-corrected chi connectivity index (χ3v) is 5.48. The van der Waals surface area contributed by atoms with Crippen LogP contribution in [-0.4, -0.2) is 14.5 Å². The van der Waals surface area contributed by atoms with Crippen LogP contribution >= 0.6 is 0 Å².